The number of rotatable bonds is 7. The van der Waals surface area contributed by atoms with Crippen LogP contribution < -0.4 is 0 Å². The van der Waals surface area contributed by atoms with E-state index in [4.69, 9.17) is 9.47 Å². The number of nitrogens with one attached hydrogen (secondary N) is 1. The second-order valence-corrected chi connectivity index (χ2v) is 11.1. The number of ether oxygens (including phenoxy) is 2. The molecule has 0 bridgehead atoms. The average molecular weight is 517 g/mol. The van der Waals surface area contributed by atoms with E-state index in [0.717, 1.165) is 35.7 Å². The van der Waals surface area contributed by atoms with E-state index in [-0.39, 0.29) is 34.6 Å². The number of Topliss-reactive ketones (excluding diaryl/α,β-unsaturated/α-hetero) is 1. The number of nitrogens with zero attached hydrogens (tertiary/aromatic N) is 1. The number of ketones is 2. The van der Waals surface area contributed by atoms with Gasteiger partial charge in [-0.3, -0.25) is 9.59 Å². The molecule has 200 valence electrons. The van der Waals surface area contributed by atoms with Crippen LogP contribution in [0.15, 0.2) is 42.3 Å². The number of para-hydroxylation sites is 1. The molecule has 0 aliphatic heterocycles. The van der Waals surface area contributed by atoms with Gasteiger partial charge in [-0.1, -0.05) is 45.4 Å². The summed E-state index contributed by atoms with van der Waals surface area (Å²) in [5.74, 6) is -0.226. The van der Waals surface area contributed by atoms with Crippen molar-refractivity contribution in [2.24, 2.45) is 17.8 Å². The van der Waals surface area contributed by atoms with Crippen molar-refractivity contribution in [1.29, 1.82) is 0 Å². The summed E-state index contributed by atoms with van der Waals surface area (Å²) >= 11 is 0. The molecule has 2 aromatic heterocycles. The van der Waals surface area contributed by atoms with Gasteiger partial charge in [-0.05, 0) is 55.6 Å². The first-order valence-corrected chi connectivity index (χ1v) is 13.5. The quantitative estimate of drug-likeness (QED) is 0.386. The molecule has 1 N–H and O–H groups in total. The van der Waals surface area contributed by atoms with Crippen molar-refractivity contribution in [2.75, 3.05) is 7.11 Å². The molecular weight excluding hydrogens is 480 g/mol. The van der Waals surface area contributed by atoms with Gasteiger partial charge in [0.25, 0.3) is 0 Å². The Morgan fingerprint density at radius 2 is 1.95 bits per heavy atom. The molecule has 1 fully saturated rings. The van der Waals surface area contributed by atoms with E-state index in [2.05, 4.69) is 31.8 Å². The Labute approximate surface area is 223 Å². The van der Waals surface area contributed by atoms with Crippen LogP contribution in [-0.2, 0) is 22.4 Å². The lowest BCUT2D eigenvalue weighted by atomic mass is 9.75. The zero-order valence-electron chi connectivity index (χ0n) is 22.8. The zero-order valence-corrected chi connectivity index (χ0v) is 22.8. The zero-order chi connectivity index (χ0) is 27.1. The highest BCUT2D eigenvalue weighted by molar-refractivity contribution is 6.26. The van der Waals surface area contributed by atoms with Crippen molar-refractivity contribution in [2.45, 2.75) is 66.0 Å². The summed E-state index contributed by atoms with van der Waals surface area (Å²) in [6.07, 6.45) is 6.49. The van der Waals surface area contributed by atoms with Crippen molar-refractivity contribution in [1.82, 2.24) is 9.55 Å². The molecule has 2 heterocycles. The number of allylic oxidation sites excluding steroid dienone is 2. The third-order valence-corrected chi connectivity index (χ3v) is 8.39. The molecule has 5 rings (SSSR count). The Morgan fingerprint density at radius 3 is 2.68 bits per heavy atom. The van der Waals surface area contributed by atoms with Gasteiger partial charge < -0.3 is 19.0 Å². The molecule has 38 heavy (non-hydrogen) atoms. The molecule has 1 saturated carbocycles. The van der Waals surface area contributed by atoms with Crippen LogP contribution in [0, 0.1) is 24.7 Å². The number of methoxy groups -OCH3 is 1. The van der Waals surface area contributed by atoms with Gasteiger partial charge in [-0.2, -0.15) is 0 Å². The van der Waals surface area contributed by atoms with Crippen LogP contribution in [0.2, 0.25) is 0 Å². The molecular formula is C31H36N2O5. The molecule has 7 nitrogen and oxygen atoms in total. The third-order valence-electron chi connectivity index (χ3n) is 8.39. The highest BCUT2D eigenvalue weighted by Crippen LogP contribution is 2.37. The van der Waals surface area contributed by atoms with Gasteiger partial charge in [0, 0.05) is 35.4 Å². The maximum absolute atomic E-state index is 13.7. The molecule has 3 atom stereocenters. The standard InChI is InChI=1S/C31H36N2O5/c1-17(2)21-11-10-18(3)14-25(21)38-31(36)27-19(4)33(29-28(27)24(34)15-26(37-5)30(29)35)13-12-20-16-32-23-9-7-6-8-22(20)23/h6-9,15-18,21,25,32H,10-14H2,1-5H3/t18-,21+,25-/m0/s1. The summed E-state index contributed by atoms with van der Waals surface area (Å²) in [6, 6.07) is 8.04. The molecule has 2 aliphatic rings. The number of aryl methyl sites for hydroxylation is 1. The highest BCUT2D eigenvalue weighted by atomic mass is 16.5. The fourth-order valence-corrected chi connectivity index (χ4v) is 6.28. The number of aromatic nitrogens is 2. The SMILES string of the molecule is COC1=CC(=O)c2c(C(=O)O[C@H]3C[C@@H](C)CC[C@@H]3C(C)C)c(C)n(CCc3c[nH]c4ccccc34)c2C1=O. The summed E-state index contributed by atoms with van der Waals surface area (Å²) in [5, 5.41) is 1.11. The van der Waals surface area contributed by atoms with Gasteiger partial charge >= 0.3 is 5.97 Å². The van der Waals surface area contributed by atoms with Gasteiger partial charge in [-0.15, -0.1) is 0 Å². The van der Waals surface area contributed by atoms with Crippen LogP contribution in [0.3, 0.4) is 0 Å². The van der Waals surface area contributed by atoms with Gasteiger partial charge in [-0.25, -0.2) is 4.79 Å². The lowest BCUT2D eigenvalue weighted by molar-refractivity contribution is -0.0175. The Kier molecular flexibility index (Phi) is 7.03. The average Bonchev–Trinajstić information content (AvgIpc) is 3.43. The fourth-order valence-electron chi connectivity index (χ4n) is 6.28. The van der Waals surface area contributed by atoms with Crippen LogP contribution in [0.4, 0.5) is 0 Å². The second-order valence-electron chi connectivity index (χ2n) is 11.1. The molecule has 0 unspecified atom stereocenters. The summed E-state index contributed by atoms with van der Waals surface area (Å²) in [4.78, 5) is 43.7. The first-order chi connectivity index (χ1) is 18.2. The molecule has 0 amide bonds. The van der Waals surface area contributed by atoms with E-state index in [1.165, 1.54) is 13.2 Å². The number of hydrogen-bond acceptors (Lipinski definition) is 5. The van der Waals surface area contributed by atoms with Crippen molar-refractivity contribution in [3.05, 3.63) is 70.4 Å². The Morgan fingerprint density at radius 1 is 1.18 bits per heavy atom. The normalized spacial score (nSPS) is 21.5. The van der Waals surface area contributed by atoms with E-state index in [1.54, 1.807) is 11.5 Å². The molecule has 2 aliphatic carbocycles. The van der Waals surface area contributed by atoms with Crippen LogP contribution in [-0.4, -0.2) is 40.3 Å². The maximum Gasteiger partial charge on any atom is 0.341 e. The van der Waals surface area contributed by atoms with E-state index < -0.39 is 17.5 Å². The van der Waals surface area contributed by atoms with Gasteiger partial charge in [0.1, 0.15) is 11.8 Å². The number of benzene rings is 1. The summed E-state index contributed by atoms with van der Waals surface area (Å²) < 4.78 is 13.2. The minimum atomic E-state index is -0.523. The van der Waals surface area contributed by atoms with Crippen molar-refractivity contribution in [3.63, 3.8) is 0 Å². The molecule has 0 saturated heterocycles. The van der Waals surface area contributed by atoms with Crippen LogP contribution >= 0.6 is 0 Å². The fraction of sp³-hybridized carbons (Fsp3) is 0.452. The van der Waals surface area contributed by atoms with E-state index in [9.17, 15) is 14.4 Å². The molecule has 0 spiro atoms. The monoisotopic (exact) mass is 516 g/mol. The minimum Gasteiger partial charge on any atom is -0.492 e. The number of H-pyrrole nitrogens is 1. The molecule has 7 heteroatoms. The first kappa shape index (κ1) is 26.0. The number of aromatic amines is 1. The summed E-state index contributed by atoms with van der Waals surface area (Å²) in [6.45, 7) is 8.73. The molecule has 0 radical (unpaired) electrons. The number of fused-ring (bicyclic) bond motifs is 2. The van der Waals surface area contributed by atoms with Crippen molar-refractivity contribution < 1.29 is 23.9 Å². The first-order valence-electron chi connectivity index (χ1n) is 13.5. The Hall–Kier alpha value is -3.61. The smallest absolute Gasteiger partial charge is 0.341 e. The second kappa shape index (κ2) is 10.3. The third kappa shape index (κ3) is 4.48. The number of esters is 1. The number of carbonyl (C=O) groups excluding carboxylic acids is 3. The van der Waals surface area contributed by atoms with E-state index in [0.29, 0.717) is 30.5 Å². The van der Waals surface area contributed by atoms with Crippen molar-refractivity contribution in [3.8, 4) is 0 Å². The van der Waals surface area contributed by atoms with Gasteiger partial charge in [0.15, 0.2) is 11.5 Å². The minimum absolute atomic E-state index is 0.0192. The van der Waals surface area contributed by atoms with E-state index in [1.807, 2.05) is 24.4 Å². The van der Waals surface area contributed by atoms with Crippen LogP contribution in [0.25, 0.3) is 10.9 Å². The number of hydrogen-bond donors (Lipinski definition) is 1. The Balaban J connectivity index is 1.53. The predicted molar refractivity (Wildman–Crippen MR) is 145 cm³/mol. The van der Waals surface area contributed by atoms with Gasteiger partial charge in [0.2, 0.25) is 5.78 Å². The number of carbonyl (C=O) groups is 3. The molecule has 3 aromatic rings. The topological polar surface area (TPSA) is 90.4 Å². The van der Waals surface area contributed by atoms with Gasteiger partial charge in [0.05, 0.1) is 18.2 Å². The largest absolute Gasteiger partial charge is 0.492 e. The highest BCUT2D eigenvalue weighted by Gasteiger charge is 2.40. The molecule has 1 aromatic carbocycles. The summed E-state index contributed by atoms with van der Waals surface area (Å²) in [7, 11) is 1.37. The summed E-state index contributed by atoms with van der Waals surface area (Å²) in [5.41, 5.74) is 3.23. The Bertz CT molecular complexity index is 1440. The van der Waals surface area contributed by atoms with E-state index >= 15 is 0 Å². The van der Waals surface area contributed by atoms with Crippen LogP contribution in [0.5, 0.6) is 0 Å². The lowest BCUT2D eigenvalue weighted by Gasteiger charge is -2.36. The lowest BCUT2D eigenvalue weighted by Crippen LogP contribution is -2.36. The maximum atomic E-state index is 13.7. The predicted octanol–water partition coefficient (Wildman–Crippen LogP) is 6.05. The van der Waals surface area contributed by atoms with Crippen LogP contribution in [0.1, 0.15) is 82.5 Å². The van der Waals surface area contributed by atoms with Crippen molar-refractivity contribution >= 4 is 28.4 Å².